The van der Waals surface area contributed by atoms with Crippen LogP contribution in [0.25, 0.3) is 11.0 Å². The van der Waals surface area contributed by atoms with E-state index in [0.29, 0.717) is 0 Å². The maximum Gasteiger partial charge on any atom is 0.201 e. The summed E-state index contributed by atoms with van der Waals surface area (Å²) in [6.45, 7) is 0.719. The highest BCUT2D eigenvalue weighted by atomic mass is 79.9. The normalized spacial score (nSPS) is 10.7. The Morgan fingerprint density at radius 1 is 1.25 bits per heavy atom. The van der Waals surface area contributed by atoms with Crippen molar-refractivity contribution in [2.45, 2.75) is 6.54 Å². The first-order valence-electron chi connectivity index (χ1n) is 6.27. The topological polar surface area (TPSA) is 49.9 Å². The summed E-state index contributed by atoms with van der Waals surface area (Å²) in [5, 5.41) is 3.29. The fraction of sp³-hybridized carbons (Fsp3) is 0.133. The molecule has 0 spiro atoms. The number of ether oxygens (including phenoxy) is 1. The minimum Gasteiger partial charge on any atom is -0.497 e. The van der Waals surface area contributed by atoms with Gasteiger partial charge < -0.3 is 15.0 Å². The van der Waals surface area contributed by atoms with Gasteiger partial charge in [0.1, 0.15) is 5.75 Å². The first-order chi connectivity index (χ1) is 9.74. The number of nitrogens with zero attached hydrogens (tertiary/aromatic N) is 1. The molecular formula is C15H14BrN3O. The molecule has 0 aliphatic rings. The predicted molar refractivity (Wildman–Crippen MR) is 84.1 cm³/mol. The summed E-state index contributed by atoms with van der Waals surface area (Å²) in [6.07, 6.45) is 0. The van der Waals surface area contributed by atoms with Gasteiger partial charge in [-0.1, -0.05) is 28.1 Å². The summed E-state index contributed by atoms with van der Waals surface area (Å²) in [4.78, 5) is 7.73. The average Bonchev–Trinajstić information content (AvgIpc) is 2.87. The fourth-order valence-corrected chi connectivity index (χ4v) is 2.48. The van der Waals surface area contributed by atoms with Gasteiger partial charge in [-0.2, -0.15) is 0 Å². The summed E-state index contributed by atoms with van der Waals surface area (Å²) in [5.41, 5.74) is 3.07. The molecule has 1 aromatic heterocycles. The highest BCUT2D eigenvalue weighted by Crippen LogP contribution is 2.20. The number of fused-ring (bicyclic) bond motifs is 1. The summed E-state index contributed by atoms with van der Waals surface area (Å²) >= 11 is 3.47. The van der Waals surface area contributed by atoms with E-state index in [4.69, 9.17) is 4.74 Å². The SMILES string of the molecule is COc1ccc2nc(NCc3cccc(Br)c3)[nH]c2c1. The number of benzene rings is 2. The number of aromatic amines is 1. The Morgan fingerprint density at radius 2 is 2.15 bits per heavy atom. The van der Waals surface area contributed by atoms with Crippen molar-refractivity contribution in [2.24, 2.45) is 0 Å². The molecule has 0 saturated carbocycles. The van der Waals surface area contributed by atoms with Crippen molar-refractivity contribution >= 4 is 32.9 Å². The van der Waals surface area contributed by atoms with E-state index in [2.05, 4.69) is 43.3 Å². The highest BCUT2D eigenvalue weighted by molar-refractivity contribution is 9.10. The van der Waals surface area contributed by atoms with E-state index in [9.17, 15) is 0 Å². The number of hydrogen-bond acceptors (Lipinski definition) is 3. The minimum atomic E-state index is 0.719. The number of aromatic nitrogens is 2. The van der Waals surface area contributed by atoms with Crippen molar-refractivity contribution in [1.29, 1.82) is 0 Å². The first kappa shape index (κ1) is 13.0. The van der Waals surface area contributed by atoms with Gasteiger partial charge in [0.2, 0.25) is 5.95 Å². The lowest BCUT2D eigenvalue weighted by molar-refractivity contribution is 0.415. The van der Waals surface area contributed by atoms with E-state index in [1.165, 1.54) is 5.56 Å². The van der Waals surface area contributed by atoms with Crippen molar-refractivity contribution in [3.05, 3.63) is 52.5 Å². The van der Waals surface area contributed by atoms with Gasteiger partial charge in [-0.15, -0.1) is 0 Å². The van der Waals surface area contributed by atoms with E-state index in [-0.39, 0.29) is 0 Å². The molecule has 0 bridgehead atoms. The zero-order chi connectivity index (χ0) is 13.9. The van der Waals surface area contributed by atoms with Crippen molar-refractivity contribution in [3.63, 3.8) is 0 Å². The van der Waals surface area contributed by atoms with Gasteiger partial charge in [-0.3, -0.25) is 0 Å². The standard InChI is InChI=1S/C15H14BrN3O/c1-20-12-5-6-13-14(8-12)19-15(18-13)17-9-10-3-2-4-11(16)7-10/h2-8H,9H2,1H3,(H2,17,18,19). The van der Waals surface area contributed by atoms with Crippen LogP contribution in [0.5, 0.6) is 5.75 Å². The lowest BCUT2D eigenvalue weighted by Crippen LogP contribution is -2.00. The number of H-pyrrole nitrogens is 1. The zero-order valence-electron chi connectivity index (χ0n) is 11.0. The molecule has 102 valence electrons. The summed E-state index contributed by atoms with van der Waals surface area (Å²) < 4.78 is 6.28. The lowest BCUT2D eigenvalue weighted by atomic mass is 10.2. The average molecular weight is 332 g/mol. The molecule has 0 amide bonds. The summed E-state index contributed by atoms with van der Waals surface area (Å²) in [6, 6.07) is 14.0. The molecule has 0 unspecified atom stereocenters. The third kappa shape index (κ3) is 2.77. The fourth-order valence-electron chi connectivity index (χ4n) is 2.03. The van der Waals surface area contributed by atoms with Crippen molar-refractivity contribution in [3.8, 4) is 5.75 Å². The second kappa shape index (κ2) is 5.54. The van der Waals surface area contributed by atoms with Crippen molar-refractivity contribution in [2.75, 3.05) is 12.4 Å². The smallest absolute Gasteiger partial charge is 0.201 e. The second-order valence-electron chi connectivity index (χ2n) is 4.45. The van der Waals surface area contributed by atoms with Crippen LogP contribution >= 0.6 is 15.9 Å². The zero-order valence-corrected chi connectivity index (χ0v) is 12.6. The van der Waals surface area contributed by atoms with Gasteiger partial charge in [-0.25, -0.2) is 4.98 Å². The summed E-state index contributed by atoms with van der Waals surface area (Å²) in [7, 11) is 1.66. The molecule has 3 rings (SSSR count). The molecule has 0 aliphatic carbocycles. The Labute approximate surface area is 125 Å². The molecule has 5 heteroatoms. The monoisotopic (exact) mass is 331 g/mol. The van der Waals surface area contributed by atoms with Gasteiger partial charge in [0.25, 0.3) is 0 Å². The van der Waals surface area contributed by atoms with Crippen LogP contribution in [0, 0.1) is 0 Å². The number of halogens is 1. The van der Waals surface area contributed by atoms with Crippen molar-refractivity contribution in [1.82, 2.24) is 9.97 Å². The summed E-state index contributed by atoms with van der Waals surface area (Å²) in [5.74, 6) is 1.58. The molecule has 1 heterocycles. The number of methoxy groups -OCH3 is 1. The highest BCUT2D eigenvalue weighted by Gasteiger charge is 2.04. The Hall–Kier alpha value is -2.01. The van der Waals surface area contributed by atoms with Crippen molar-refractivity contribution < 1.29 is 4.74 Å². The number of rotatable bonds is 4. The third-order valence-electron chi connectivity index (χ3n) is 3.04. The van der Waals surface area contributed by atoms with Crippen LogP contribution < -0.4 is 10.1 Å². The first-order valence-corrected chi connectivity index (χ1v) is 7.06. The Balaban J connectivity index is 1.77. The van der Waals surface area contributed by atoms with E-state index >= 15 is 0 Å². The second-order valence-corrected chi connectivity index (χ2v) is 5.37. The molecule has 2 aromatic carbocycles. The molecular weight excluding hydrogens is 318 g/mol. The third-order valence-corrected chi connectivity index (χ3v) is 3.53. The molecule has 0 fully saturated rings. The van der Waals surface area contributed by atoms with Crippen LogP contribution in [0.4, 0.5) is 5.95 Å². The van der Waals surface area contributed by atoms with Crippen LogP contribution in [0.2, 0.25) is 0 Å². The van der Waals surface area contributed by atoms with Gasteiger partial charge in [0.05, 0.1) is 18.1 Å². The molecule has 4 nitrogen and oxygen atoms in total. The van der Waals surface area contributed by atoms with Crippen LogP contribution in [0.3, 0.4) is 0 Å². The van der Waals surface area contributed by atoms with Gasteiger partial charge >= 0.3 is 0 Å². The molecule has 2 N–H and O–H groups in total. The van der Waals surface area contributed by atoms with Crippen LogP contribution in [-0.4, -0.2) is 17.1 Å². The number of nitrogens with one attached hydrogen (secondary N) is 2. The quantitative estimate of drug-likeness (QED) is 0.761. The molecule has 20 heavy (non-hydrogen) atoms. The number of imidazole rings is 1. The number of anilines is 1. The van der Waals surface area contributed by atoms with E-state index < -0.39 is 0 Å². The van der Waals surface area contributed by atoms with Crippen LogP contribution in [-0.2, 0) is 6.54 Å². The molecule has 0 atom stereocenters. The van der Waals surface area contributed by atoms with E-state index in [1.54, 1.807) is 7.11 Å². The van der Waals surface area contributed by atoms with Gasteiger partial charge in [0, 0.05) is 17.1 Å². The lowest BCUT2D eigenvalue weighted by Gasteiger charge is -2.03. The van der Waals surface area contributed by atoms with Gasteiger partial charge in [0.15, 0.2) is 0 Å². The maximum absolute atomic E-state index is 5.20. The van der Waals surface area contributed by atoms with E-state index in [0.717, 1.165) is 33.7 Å². The Kier molecular flexibility index (Phi) is 3.60. The molecule has 3 aromatic rings. The minimum absolute atomic E-state index is 0.719. The van der Waals surface area contributed by atoms with E-state index in [1.807, 2.05) is 30.3 Å². The number of hydrogen-bond donors (Lipinski definition) is 2. The van der Waals surface area contributed by atoms with Gasteiger partial charge in [-0.05, 0) is 29.8 Å². The van der Waals surface area contributed by atoms with Crippen LogP contribution in [0.1, 0.15) is 5.56 Å². The Morgan fingerprint density at radius 3 is 2.95 bits per heavy atom. The molecule has 0 radical (unpaired) electrons. The molecule has 0 saturated heterocycles. The largest absolute Gasteiger partial charge is 0.497 e. The van der Waals surface area contributed by atoms with Crippen LogP contribution in [0.15, 0.2) is 46.9 Å². The molecule has 0 aliphatic heterocycles. The Bertz CT molecular complexity index is 739. The predicted octanol–water partition coefficient (Wildman–Crippen LogP) is 3.95. The maximum atomic E-state index is 5.20.